The topological polar surface area (TPSA) is 24.5 Å². The maximum Gasteiger partial charge on any atom is 0.0589 e. The fourth-order valence-corrected chi connectivity index (χ4v) is 3.37. The predicted molar refractivity (Wildman–Crippen MR) is 82.6 cm³/mol. The highest BCUT2D eigenvalue weighted by atomic mass is 16.5. The van der Waals surface area contributed by atoms with Gasteiger partial charge in [-0.05, 0) is 44.7 Å². The van der Waals surface area contributed by atoms with Crippen LogP contribution in [0.1, 0.15) is 46.5 Å². The summed E-state index contributed by atoms with van der Waals surface area (Å²) in [5, 5.41) is 3.52. The van der Waals surface area contributed by atoms with Crippen LogP contribution >= 0.6 is 0 Å². The van der Waals surface area contributed by atoms with Crippen LogP contribution in [0.5, 0.6) is 0 Å². The molecule has 3 heteroatoms. The zero-order valence-electron chi connectivity index (χ0n) is 13.8. The minimum absolute atomic E-state index is 0.471. The molecule has 0 saturated heterocycles. The SMILES string of the molecule is CCC(C)(C)C1CCC(NC)C(N(C)CCOC)C1. The Bertz CT molecular complexity index is 255. The Hall–Kier alpha value is -0.120. The van der Waals surface area contributed by atoms with E-state index in [-0.39, 0.29) is 0 Å². The third-order valence-corrected chi connectivity index (χ3v) is 5.42. The highest BCUT2D eigenvalue weighted by Gasteiger charge is 2.38. The van der Waals surface area contributed by atoms with Crippen LogP contribution in [-0.2, 0) is 4.74 Å². The number of methoxy groups -OCH3 is 1. The van der Waals surface area contributed by atoms with Gasteiger partial charge in [0.2, 0.25) is 0 Å². The van der Waals surface area contributed by atoms with Gasteiger partial charge in [-0.3, -0.25) is 4.90 Å². The zero-order chi connectivity index (χ0) is 14.5. The molecule has 1 saturated carbocycles. The predicted octanol–water partition coefficient (Wildman–Crippen LogP) is 2.76. The summed E-state index contributed by atoms with van der Waals surface area (Å²) in [4.78, 5) is 2.49. The monoisotopic (exact) mass is 270 g/mol. The van der Waals surface area contributed by atoms with Crippen LogP contribution in [0.4, 0.5) is 0 Å². The van der Waals surface area contributed by atoms with E-state index in [9.17, 15) is 0 Å². The van der Waals surface area contributed by atoms with Crippen molar-refractivity contribution in [2.45, 2.75) is 58.5 Å². The molecular weight excluding hydrogens is 236 g/mol. The van der Waals surface area contributed by atoms with Crippen molar-refractivity contribution in [1.82, 2.24) is 10.2 Å². The van der Waals surface area contributed by atoms with E-state index in [2.05, 4.69) is 45.1 Å². The lowest BCUT2D eigenvalue weighted by molar-refractivity contribution is 0.0513. The Morgan fingerprint density at radius 2 is 2.00 bits per heavy atom. The fourth-order valence-electron chi connectivity index (χ4n) is 3.37. The van der Waals surface area contributed by atoms with Crippen molar-refractivity contribution < 1.29 is 4.74 Å². The third-order valence-electron chi connectivity index (χ3n) is 5.42. The quantitative estimate of drug-likeness (QED) is 0.770. The smallest absolute Gasteiger partial charge is 0.0589 e. The maximum atomic E-state index is 5.23. The molecular formula is C16H34N2O. The molecule has 0 aromatic rings. The summed E-state index contributed by atoms with van der Waals surface area (Å²) in [6, 6.07) is 1.27. The Kier molecular flexibility index (Phi) is 6.78. The molecule has 0 aliphatic heterocycles. The van der Waals surface area contributed by atoms with E-state index in [0.29, 0.717) is 17.5 Å². The lowest BCUT2D eigenvalue weighted by Crippen LogP contribution is -2.53. The van der Waals surface area contributed by atoms with E-state index in [4.69, 9.17) is 4.74 Å². The van der Waals surface area contributed by atoms with Crippen molar-refractivity contribution in [3.8, 4) is 0 Å². The molecule has 3 atom stereocenters. The number of nitrogens with zero attached hydrogens (tertiary/aromatic N) is 1. The van der Waals surface area contributed by atoms with Gasteiger partial charge in [-0.1, -0.05) is 27.2 Å². The molecule has 1 aliphatic carbocycles. The molecule has 0 spiro atoms. The minimum atomic E-state index is 0.471. The third kappa shape index (κ3) is 4.44. The minimum Gasteiger partial charge on any atom is -0.383 e. The normalized spacial score (nSPS) is 28.9. The summed E-state index contributed by atoms with van der Waals surface area (Å²) in [5.41, 5.74) is 0.471. The molecule has 3 nitrogen and oxygen atoms in total. The molecule has 0 heterocycles. The number of likely N-dealkylation sites (N-methyl/N-ethyl adjacent to an activating group) is 2. The van der Waals surface area contributed by atoms with E-state index in [1.807, 2.05) is 0 Å². The summed E-state index contributed by atoms with van der Waals surface area (Å²) < 4.78 is 5.23. The second kappa shape index (κ2) is 7.61. The fraction of sp³-hybridized carbons (Fsp3) is 1.00. The van der Waals surface area contributed by atoms with Gasteiger partial charge in [0, 0.05) is 25.7 Å². The highest BCUT2D eigenvalue weighted by Crippen LogP contribution is 2.41. The van der Waals surface area contributed by atoms with Gasteiger partial charge in [0.1, 0.15) is 0 Å². The zero-order valence-corrected chi connectivity index (χ0v) is 13.8. The van der Waals surface area contributed by atoms with Crippen LogP contribution in [0.25, 0.3) is 0 Å². The molecule has 0 bridgehead atoms. The number of rotatable bonds is 7. The standard InChI is InChI=1S/C16H34N2O/c1-7-16(2,3)13-8-9-14(17-4)15(12-13)18(5)10-11-19-6/h13-15,17H,7-12H2,1-6H3. The van der Waals surface area contributed by atoms with Crippen LogP contribution in [0.15, 0.2) is 0 Å². The molecule has 1 N–H and O–H groups in total. The Labute approximate surface area is 120 Å². The Morgan fingerprint density at radius 1 is 1.32 bits per heavy atom. The van der Waals surface area contributed by atoms with Gasteiger partial charge in [0.25, 0.3) is 0 Å². The molecule has 1 aliphatic rings. The molecule has 1 fully saturated rings. The van der Waals surface area contributed by atoms with Crippen molar-refractivity contribution >= 4 is 0 Å². The van der Waals surface area contributed by atoms with E-state index in [1.54, 1.807) is 7.11 Å². The van der Waals surface area contributed by atoms with E-state index in [1.165, 1.54) is 25.7 Å². The number of hydrogen-bond acceptors (Lipinski definition) is 3. The van der Waals surface area contributed by atoms with Gasteiger partial charge in [-0.2, -0.15) is 0 Å². The Balaban J connectivity index is 2.68. The van der Waals surface area contributed by atoms with Gasteiger partial charge < -0.3 is 10.1 Å². The average Bonchev–Trinajstić information content (AvgIpc) is 2.43. The highest BCUT2D eigenvalue weighted by molar-refractivity contribution is 4.93. The van der Waals surface area contributed by atoms with Crippen molar-refractivity contribution in [3.63, 3.8) is 0 Å². The van der Waals surface area contributed by atoms with Crippen LogP contribution in [0.3, 0.4) is 0 Å². The van der Waals surface area contributed by atoms with Crippen molar-refractivity contribution in [3.05, 3.63) is 0 Å². The molecule has 0 radical (unpaired) electrons. The largest absolute Gasteiger partial charge is 0.383 e. The molecule has 19 heavy (non-hydrogen) atoms. The van der Waals surface area contributed by atoms with Crippen LogP contribution in [0.2, 0.25) is 0 Å². The van der Waals surface area contributed by atoms with Crippen molar-refractivity contribution in [2.24, 2.45) is 11.3 Å². The number of ether oxygens (including phenoxy) is 1. The first-order chi connectivity index (χ1) is 8.96. The van der Waals surface area contributed by atoms with Gasteiger partial charge >= 0.3 is 0 Å². The molecule has 0 aromatic heterocycles. The molecule has 0 aromatic carbocycles. The number of hydrogen-bond donors (Lipinski definition) is 1. The number of nitrogens with one attached hydrogen (secondary N) is 1. The average molecular weight is 270 g/mol. The second-order valence-corrected chi connectivity index (χ2v) is 6.79. The van der Waals surface area contributed by atoms with Crippen molar-refractivity contribution in [2.75, 3.05) is 34.4 Å². The first-order valence-corrected chi connectivity index (χ1v) is 7.82. The van der Waals surface area contributed by atoms with Gasteiger partial charge in [-0.15, -0.1) is 0 Å². The molecule has 3 unspecified atom stereocenters. The Morgan fingerprint density at radius 3 is 2.53 bits per heavy atom. The van der Waals surface area contributed by atoms with Crippen LogP contribution in [0, 0.1) is 11.3 Å². The summed E-state index contributed by atoms with van der Waals surface area (Å²) in [6.45, 7) is 9.05. The lowest BCUT2D eigenvalue weighted by atomic mass is 9.67. The summed E-state index contributed by atoms with van der Waals surface area (Å²) in [7, 11) is 6.13. The molecule has 114 valence electrons. The summed E-state index contributed by atoms with van der Waals surface area (Å²) in [6.07, 6.45) is 5.25. The first kappa shape index (κ1) is 16.9. The summed E-state index contributed by atoms with van der Waals surface area (Å²) in [5.74, 6) is 0.845. The van der Waals surface area contributed by atoms with Crippen LogP contribution in [-0.4, -0.2) is 51.3 Å². The first-order valence-electron chi connectivity index (χ1n) is 7.82. The van der Waals surface area contributed by atoms with Gasteiger partial charge in [0.15, 0.2) is 0 Å². The lowest BCUT2D eigenvalue weighted by Gasteiger charge is -2.46. The van der Waals surface area contributed by atoms with Gasteiger partial charge in [-0.25, -0.2) is 0 Å². The molecule has 1 rings (SSSR count). The maximum absolute atomic E-state index is 5.23. The molecule has 0 amide bonds. The van der Waals surface area contributed by atoms with E-state index in [0.717, 1.165) is 19.1 Å². The van der Waals surface area contributed by atoms with E-state index >= 15 is 0 Å². The van der Waals surface area contributed by atoms with Gasteiger partial charge in [0.05, 0.1) is 6.61 Å². The summed E-state index contributed by atoms with van der Waals surface area (Å²) >= 11 is 0. The second-order valence-electron chi connectivity index (χ2n) is 6.79. The van der Waals surface area contributed by atoms with E-state index < -0.39 is 0 Å². The van der Waals surface area contributed by atoms with Crippen molar-refractivity contribution in [1.29, 1.82) is 0 Å². The van der Waals surface area contributed by atoms with Crippen LogP contribution < -0.4 is 5.32 Å².